The van der Waals surface area contributed by atoms with Crippen molar-refractivity contribution in [3.63, 3.8) is 0 Å². The van der Waals surface area contributed by atoms with Crippen LogP contribution in [0.2, 0.25) is 0 Å². The summed E-state index contributed by atoms with van der Waals surface area (Å²) >= 11 is 1.27. The quantitative estimate of drug-likeness (QED) is 0.778. The van der Waals surface area contributed by atoms with Crippen molar-refractivity contribution in [3.05, 3.63) is 41.2 Å². The van der Waals surface area contributed by atoms with Gasteiger partial charge in [0.25, 0.3) is 5.91 Å². The fourth-order valence-electron chi connectivity index (χ4n) is 2.10. The van der Waals surface area contributed by atoms with Crippen LogP contribution < -0.4 is 5.73 Å². The number of hydrogen-bond donors (Lipinski definition) is 1. The van der Waals surface area contributed by atoms with Crippen molar-refractivity contribution in [2.75, 3.05) is 13.6 Å². The number of halogens is 3. The number of thiazole rings is 1. The molecule has 1 unspecified atom stereocenters. The number of benzene rings is 1. The van der Waals surface area contributed by atoms with Gasteiger partial charge in [0.1, 0.15) is 16.5 Å². The normalized spacial score (nSPS) is 11.4. The van der Waals surface area contributed by atoms with Crippen LogP contribution in [0, 0.1) is 11.7 Å². The van der Waals surface area contributed by atoms with Crippen molar-refractivity contribution >= 4 is 42.1 Å². The van der Waals surface area contributed by atoms with Crippen LogP contribution in [0.4, 0.5) is 4.39 Å². The zero-order valence-corrected chi connectivity index (χ0v) is 16.9. The van der Waals surface area contributed by atoms with E-state index in [0.29, 0.717) is 28.7 Å². The van der Waals surface area contributed by atoms with E-state index in [0.717, 1.165) is 6.42 Å². The average molecular weight is 408 g/mol. The van der Waals surface area contributed by atoms with Crippen LogP contribution in [0.3, 0.4) is 0 Å². The Balaban J connectivity index is 0.00000288. The van der Waals surface area contributed by atoms with E-state index in [1.807, 2.05) is 0 Å². The van der Waals surface area contributed by atoms with E-state index in [1.165, 1.54) is 17.4 Å². The summed E-state index contributed by atoms with van der Waals surface area (Å²) in [6.45, 7) is 4.70. The van der Waals surface area contributed by atoms with Gasteiger partial charge in [-0.25, -0.2) is 9.37 Å². The van der Waals surface area contributed by atoms with E-state index in [1.54, 1.807) is 35.5 Å². The lowest BCUT2D eigenvalue weighted by molar-refractivity contribution is 0.0784. The molecule has 1 aromatic carbocycles. The molecule has 4 nitrogen and oxygen atoms in total. The highest BCUT2D eigenvalue weighted by Gasteiger charge is 2.18. The lowest BCUT2D eigenvalue weighted by Gasteiger charge is -2.20. The second-order valence-electron chi connectivity index (χ2n) is 5.94. The number of carbonyl (C=O) groups is 1. The molecular formula is C17H24Cl2FN3OS. The summed E-state index contributed by atoms with van der Waals surface area (Å²) < 4.78 is 13.8. The molecule has 0 saturated heterocycles. The molecule has 140 valence electrons. The second kappa shape index (κ2) is 10.7. The van der Waals surface area contributed by atoms with E-state index in [9.17, 15) is 9.18 Å². The summed E-state index contributed by atoms with van der Waals surface area (Å²) in [6.07, 6.45) is 0.740. The highest BCUT2D eigenvalue weighted by molar-refractivity contribution is 7.13. The molecule has 2 rings (SSSR count). The number of amides is 1. The Morgan fingerprint density at radius 1 is 1.32 bits per heavy atom. The summed E-state index contributed by atoms with van der Waals surface area (Å²) in [4.78, 5) is 18.3. The van der Waals surface area contributed by atoms with Gasteiger partial charge in [-0.2, -0.15) is 0 Å². The molecule has 8 heteroatoms. The maximum atomic E-state index is 13.8. The predicted molar refractivity (Wildman–Crippen MR) is 106 cm³/mol. The van der Waals surface area contributed by atoms with Gasteiger partial charge in [0.2, 0.25) is 0 Å². The molecule has 0 bridgehead atoms. The Hall–Kier alpha value is -1.21. The monoisotopic (exact) mass is 407 g/mol. The maximum Gasteiger partial charge on any atom is 0.273 e. The van der Waals surface area contributed by atoms with Gasteiger partial charge in [-0.1, -0.05) is 26.0 Å². The second-order valence-corrected chi connectivity index (χ2v) is 6.80. The van der Waals surface area contributed by atoms with Crippen LogP contribution in [-0.4, -0.2) is 35.4 Å². The lowest BCUT2D eigenvalue weighted by atomic mass is 10.0. The first kappa shape index (κ1) is 23.8. The highest BCUT2D eigenvalue weighted by atomic mass is 35.5. The Labute approximate surface area is 164 Å². The summed E-state index contributed by atoms with van der Waals surface area (Å²) in [7, 11) is 1.73. The van der Waals surface area contributed by atoms with Crippen LogP contribution in [0.25, 0.3) is 10.6 Å². The van der Waals surface area contributed by atoms with Gasteiger partial charge in [0, 0.05) is 30.6 Å². The molecule has 0 aliphatic carbocycles. The summed E-state index contributed by atoms with van der Waals surface area (Å²) in [5.74, 6) is -0.123. The standard InChI is InChI=1S/C17H22FN3OS.2ClH/c1-11(2)14(19)8-9-21(3)17(22)15-10-23-16(20-15)12-6-4-5-7-13(12)18;;/h4-7,10-11,14H,8-9,19H2,1-3H3;2*1H. The molecule has 0 fully saturated rings. The minimum absolute atomic E-state index is 0. The van der Waals surface area contributed by atoms with E-state index >= 15 is 0 Å². The number of carbonyl (C=O) groups excluding carboxylic acids is 1. The molecule has 1 amide bonds. The smallest absolute Gasteiger partial charge is 0.273 e. The van der Waals surface area contributed by atoms with E-state index in [-0.39, 0.29) is 42.6 Å². The Bertz CT molecular complexity index is 681. The number of nitrogens with two attached hydrogens (primary N) is 1. The van der Waals surface area contributed by atoms with Crippen molar-refractivity contribution in [3.8, 4) is 10.6 Å². The van der Waals surface area contributed by atoms with Crippen LogP contribution in [0.5, 0.6) is 0 Å². The minimum Gasteiger partial charge on any atom is -0.340 e. The third-order valence-electron chi connectivity index (χ3n) is 3.83. The van der Waals surface area contributed by atoms with Crippen LogP contribution in [-0.2, 0) is 0 Å². The molecule has 0 radical (unpaired) electrons. The third kappa shape index (κ3) is 6.22. The topological polar surface area (TPSA) is 59.2 Å². The molecule has 0 saturated carbocycles. The average Bonchev–Trinajstić information content (AvgIpc) is 3.01. The largest absolute Gasteiger partial charge is 0.340 e. The molecule has 1 atom stereocenters. The van der Waals surface area contributed by atoms with Gasteiger partial charge in [0.05, 0.1) is 0 Å². The minimum atomic E-state index is -0.336. The van der Waals surface area contributed by atoms with Crippen molar-refractivity contribution in [2.45, 2.75) is 26.3 Å². The number of nitrogens with zero attached hydrogens (tertiary/aromatic N) is 2. The van der Waals surface area contributed by atoms with Crippen molar-refractivity contribution in [1.29, 1.82) is 0 Å². The summed E-state index contributed by atoms with van der Waals surface area (Å²) in [6, 6.07) is 6.49. The Morgan fingerprint density at radius 3 is 2.56 bits per heavy atom. The van der Waals surface area contributed by atoms with Gasteiger partial charge in [-0.3, -0.25) is 4.79 Å². The van der Waals surface area contributed by atoms with Crippen LogP contribution >= 0.6 is 36.2 Å². The molecule has 0 spiro atoms. The maximum absolute atomic E-state index is 13.8. The fraction of sp³-hybridized carbons (Fsp3) is 0.412. The number of rotatable bonds is 6. The molecular weight excluding hydrogens is 384 g/mol. The molecule has 25 heavy (non-hydrogen) atoms. The number of hydrogen-bond acceptors (Lipinski definition) is 4. The van der Waals surface area contributed by atoms with E-state index < -0.39 is 0 Å². The van der Waals surface area contributed by atoms with Crippen LogP contribution in [0.1, 0.15) is 30.8 Å². The lowest BCUT2D eigenvalue weighted by Crippen LogP contribution is -2.34. The van der Waals surface area contributed by atoms with Gasteiger partial charge in [-0.05, 0) is 24.5 Å². The highest BCUT2D eigenvalue weighted by Crippen LogP contribution is 2.26. The third-order valence-corrected chi connectivity index (χ3v) is 4.70. The first-order valence-electron chi connectivity index (χ1n) is 7.61. The molecule has 1 heterocycles. The molecule has 0 aliphatic heterocycles. The Kier molecular flexibility index (Phi) is 10.2. The fourth-order valence-corrected chi connectivity index (χ4v) is 2.92. The van der Waals surface area contributed by atoms with Crippen molar-refractivity contribution in [1.82, 2.24) is 9.88 Å². The zero-order chi connectivity index (χ0) is 17.0. The van der Waals surface area contributed by atoms with Gasteiger partial charge < -0.3 is 10.6 Å². The molecule has 1 aromatic heterocycles. The van der Waals surface area contributed by atoms with Crippen LogP contribution in [0.15, 0.2) is 29.6 Å². The summed E-state index contributed by atoms with van der Waals surface area (Å²) in [5, 5.41) is 2.18. The number of aromatic nitrogens is 1. The first-order valence-corrected chi connectivity index (χ1v) is 8.49. The molecule has 0 aliphatic rings. The zero-order valence-electron chi connectivity index (χ0n) is 14.4. The van der Waals surface area contributed by atoms with E-state index in [4.69, 9.17) is 5.73 Å². The first-order chi connectivity index (χ1) is 10.9. The molecule has 2 N–H and O–H groups in total. The molecule has 2 aromatic rings. The summed E-state index contributed by atoms with van der Waals surface area (Å²) in [5.41, 5.74) is 6.77. The van der Waals surface area contributed by atoms with E-state index in [2.05, 4.69) is 18.8 Å². The predicted octanol–water partition coefficient (Wildman–Crippen LogP) is 4.24. The van der Waals surface area contributed by atoms with Gasteiger partial charge in [-0.15, -0.1) is 36.2 Å². The van der Waals surface area contributed by atoms with Gasteiger partial charge in [0.15, 0.2) is 0 Å². The van der Waals surface area contributed by atoms with Crippen molar-refractivity contribution in [2.24, 2.45) is 11.7 Å². The van der Waals surface area contributed by atoms with Gasteiger partial charge >= 0.3 is 0 Å². The Morgan fingerprint density at radius 2 is 1.96 bits per heavy atom. The van der Waals surface area contributed by atoms with Crippen molar-refractivity contribution < 1.29 is 9.18 Å². The SMILES string of the molecule is CC(C)C(N)CCN(C)C(=O)c1csc(-c2ccccc2F)n1.Cl.Cl.